The van der Waals surface area contributed by atoms with E-state index in [1.54, 1.807) is 6.20 Å². The first-order chi connectivity index (χ1) is 11.7. The largest absolute Gasteiger partial charge is 0.334 e. The molecule has 0 amide bonds. The van der Waals surface area contributed by atoms with Crippen molar-refractivity contribution < 1.29 is 4.79 Å². The average molecular weight is 317 g/mol. The maximum Gasteiger partial charge on any atom is 0.170 e. The highest BCUT2D eigenvalue weighted by molar-refractivity contribution is 6.11. The molecule has 24 heavy (non-hydrogen) atoms. The van der Waals surface area contributed by atoms with Crippen molar-refractivity contribution in [3.63, 3.8) is 0 Å². The number of benzene rings is 1. The third kappa shape index (κ3) is 2.16. The average Bonchev–Trinajstić information content (AvgIpc) is 3.13. The zero-order valence-electron chi connectivity index (χ0n) is 13.7. The van der Waals surface area contributed by atoms with Crippen LogP contribution in [0.15, 0.2) is 36.7 Å². The van der Waals surface area contributed by atoms with E-state index in [1.165, 1.54) is 0 Å². The first-order valence-corrected chi connectivity index (χ1v) is 8.26. The summed E-state index contributed by atoms with van der Waals surface area (Å²) >= 11 is 0. The lowest BCUT2D eigenvalue weighted by atomic mass is 9.85. The maximum atomic E-state index is 13.2. The second-order valence-electron chi connectivity index (χ2n) is 6.36. The zero-order valence-corrected chi connectivity index (χ0v) is 13.7. The normalized spacial score (nSPS) is 17.0. The van der Waals surface area contributed by atoms with Crippen LogP contribution < -0.4 is 0 Å². The van der Waals surface area contributed by atoms with Crippen molar-refractivity contribution in [3.8, 4) is 12.3 Å². The fraction of sp³-hybridized carbons (Fsp3) is 0.300. The molecule has 1 aliphatic carbocycles. The van der Waals surface area contributed by atoms with E-state index in [1.807, 2.05) is 37.4 Å². The molecule has 0 saturated heterocycles. The van der Waals surface area contributed by atoms with E-state index in [0.717, 1.165) is 40.8 Å². The first kappa shape index (κ1) is 14.8. The molecule has 0 radical (unpaired) electrons. The number of carbonyl (C=O) groups is 1. The standard InChI is InChI=1S/C20H19N3O/c1-3-11-23-17-7-5-4-6-16(17)19-18(23)9-8-15(20(19)24)13-22-12-10-21-14(22)2/h1,4-7,10,12,15H,8-9,11,13H2,2H3. The molecule has 4 nitrogen and oxygen atoms in total. The fourth-order valence-corrected chi connectivity index (χ4v) is 3.82. The van der Waals surface area contributed by atoms with Gasteiger partial charge in [-0.05, 0) is 25.8 Å². The summed E-state index contributed by atoms with van der Waals surface area (Å²) in [5, 5.41) is 1.03. The van der Waals surface area contributed by atoms with Gasteiger partial charge in [0.05, 0.1) is 6.54 Å². The molecule has 1 unspecified atom stereocenters. The van der Waals surface area contributed by atoms with Crippen molar-refractivity contribution in [2.75, 3.05) is 0 Å². The van der Waals surface area contributed by atoms with Crippen LogP contribution in [0.3, 0.4) is 0 Å². The van der Waals surface area contributed by atoms with Gasteiger partial charge in [0.15, 0.2) is 5.78 Å². The summed E-state index contributed by atoms with van der Waals surface area (Å²) in [4.78, 5) is 17.4. The van der Waals surface area contributed by atoms with Gasteiger partial charge >= 0.3 is 0 Å². The molecular weight excluding hydrogens is 298 g/mol. The number of imidazole rings is 1. The number of Topliss-reactive ketones (excluding diaryl/α,β-unsaturated/α-hetero) is 1. The van der Waals surface area contributed by atoms with Crippen molar-refractivity contribution >= 4 is 16.7 Å². The van der Waals surface area contributed by atoms with E-state index in [-0.39, 0.29) is 11.7 Å². The molecule has 4 heteroatoms. The summed E-state index contributed by atoms with van der Waals surface area (Å²) in [6.45, 7) is 3.17. The third-order valence-electron chi connectivity index (χ3n) is 5.02. The molecule has 0 fully saturated rings. The Balaban J connectivity index is 1.79. The van der Waals surface area contributed by atoms with Gasteiger partial charge in [0.25, 0.3) is 0 Å². The molecule has 0 saturated carbocycles. The van der Waals surface area contributed by atoms with Gasteiger partial charge in [-0.3, -0.25) is 4.79 Å². The van der Waals surface area contributed by atoms with Crippen LogP contribution in [0.25, 0.3) is 10.9 Å². The summed E-state index contributed by atoms with van der Waals surface area (Å²) in [6, 6.07) is 8.06. The Morgan fingerprint density at radius 1 is 1.38 bits per heavy atom. The highest BCUT2D eigenvalue weighted by Gasteiger charge is 2.32. The highest BCUT2D eigenvalue weighted by atomic mass is 16.1. The van der Waals surface area contributed by atoms with E-state index in [2.05, 4.69) is 20.0 Å². The lowest BCUT2D eigenvalue weighted by molar-refractivity contribution is 0.0888. The molecular formula is C20H19N3O. The number of fused-ring (bicyclic) bond motifs is 3. The molecule has 3 aromatic rings. The molecule has 0 N–H and O–H groups in total. The smallest absolute Gasteiger partial charge is 0.170 e. The Bertz CT molecular complexity index is 971. The molecule has 1 aromatic carbocycles. The summed E-state index contributed by atoms with van der Waals surface area (Å²) in [5.41, 5.74) is 3.03. The molecule has 120 valence electrons. The van der Waals surface area contributed by atoms with Gasteiger partial charge in [0.1, 0.15) is 5.82 Å². The van der Waals surface area contributed by atoms with Gasteiger partial charge in [-0.15, -0.1) is 6.42 Å². The van der Waals surface area contributed by atoms with E-state index < -0.39 is 0 Å². The number of hydrogen-bond acceptors (Lipinski definition) is 2. The number of nitrogens with zero attached hydrogens (tertiary/aromatic N) is 3. The lowest BCUT2D eigenvalue weighted by Crippen LogP contribution is -2.27. The van der Waals surface area contributed by atoms with Crippen LogP contribution in [-0.4, -0.2) is 19.9 Å². The van der Waals surface area contributed by atoms with Crippen LogP contribution in [0.4, 0.5) is 0 Å². The predicted octanol–water partition coefficient (Wildman–Crippen LogP) is 3.22. The number of ketones is 1. The topological polar surface area (TPSA) is 39.8 Å². The van der Waals surface area contributed by atoms with Crippen LogP contribution in [0.2, 0.25) is 0 Å². The van der Waals surface area contributed by atoms with Gasteiger partial charge in [-0.2, -0.15) is 0 Å². The number of rotatable bonds is 3. The Hall–Kier alpha value is -2.80. The minimum Gasteiger partial charge on any atom is -0.334 e. The third-order valence-corrected chi connectivity index (χ3v) is 5.02. The Morgan fingerprint density at radius 3 is 2.96 bits per heavy atom. The van der Waals surface area contributed by atoms with Crippen LogP contribution in [0, 0.1) is 25.2 Å². The van der Waals surface area contributed by atoms with E-state index in [4.69, 9.17) is 6.42 Å². The monoisotopic (exact) mass is 317 g/mol. The summed E-state index contributed by atoms with van der Waals surface area (Å²) < 4.78 is 4.19. The summed E-state index contributed by atoms with van der Waals surface area (Å²) in [5.74, 6) is 3.90. The Kier molecular flexibility index (Phi) is 3.50. The van der Waals surface area contributed by atoms with Crippen molar-refractivity contribution in [3.05, 3.63) is 53.7 Å². The first-order valence-electron chi connectivity index (χ1n) is 8.26. The summed E-state index contributed by atoms with van der Waals surface area (Å²) in [6.07, 6.45) is 11.0. The number of hydrogen-bond donors (Lipinski definition) is 0. The molecule has 2 heterocycles. The number of aromatic nitrogens is 3. The van der Waals surface area contributed by atoms with E-state index >= 15 is 0 Å². The molecule has 0 bridgehead atoms. The van der Waals surface area contributed by atoms with Crippen molar-refractivity contribution in [1.29, 1.82) is 0 Å². The lowest BCUT2D eigenvalue weighted by Gasteiger charge is -2.23. The van der Waals surface area contributed by atoms with E-state index in [0.29, 0.717) is 13.1 Å². The number of carbonyl (C=O) groups excluding carboxylic acids is 1. The van der Waals surface area contributed by atoms with Crippen LogP contribution in [0.1, 0.15) is 28.3 Å². The molecule has 1 aliphatic rings. The van der Waals surface area contributed by atoms with Gasteiger partial charge in [-0.1, -0.05) is 24.1 Å². The quantitative estimate of drug-likeness (QED) is 0.696. The Morgan fingerprint density at radius 2 is 2.21 bits per heavy atom. The Labute approximate surface area is 141 Å². The van der Waals surface area contributed by atoms with Crippen LogP contribution in [-0.2, 0) is 19.5 Å². The molecule has 0 aliphatic heterocycles. The van der Waals surface area contributed by atoms with Gasteiger partial charge in [0, 0.05) is 47.0 Å². The maximum absolute atomic E-state index is 13.2. The SMILES string of the molecule is C#CCn1c2c(c3ccccc31)C(=O)C(Cn1ccnc1C)CC2. The second-order valence-corrected chi connectivity index (χ2v) is 6.36. The van der Waals surface area contributed by atoms with Crippen LogP contribution in [0.5, 0.6) is 0 Å². The van der Waals surface area contributed by atoms with Crippen molar-refractivity contribution in [2.24, 2.45) is 5.92 Å². The van der Waals surface area contributed by atoms with Gasteiger partial charge in [0.2, 0.25) is 0 Å². The molecule has 4 rings (SSSR count). The fourth-order valence-electron chi connectivity index (χ4n) is 3.82. The predicted molar refractivity (Wildman–Crippen MR) is 93.9 cm³/mol. The molecule has 2 aromatic heterocycles. The summed E-state index contributed by atoms with van der Waals surface area (Å²) in [7, 11) is 0. The molecule has 0 spiro atoms. The van der Waals surface area contributed by atoms with Crippen molar-refractivity contribution in [1.82, 2.24) is 14.1 Å². The van der Waals surface area contributed by atoms with E-state index in [9.17, 15) is 4.79 Å². The number of terminal acetylenes is 1. The molecule has 1 atom stereocenters. The van der Waals surface area contributed by atoms with Gasteiger partial charge < -0.3 is 9.13 Å². The van der Waals surface area contributed by atoms with Crippen LogP contribution >= 0.6 is 0 Å². The highest BCUT2D eigenvalue weighted by Crippen LogP contribution is 2.35. The number of para-hydroxylation sites is 1. The minimum absolute atomic E-state index is 0.00417. The van der Waals surface area contributed by atoms with Crippen molar-refractivity contribution in [2.45, 2.75) is 32.9 Å². The zero-order chi connectivity index (χ0) is 16.7. The number of aryl methyl sites for hydroxylation is 1. The minimum atomic E-state index is -0.00417. The van der Waals surface area contributed by atoms with Gasteiger partial charge in [-0.25, -0.2) is 4.98 Å². The second kappa shape index (κ2) is 5.68.